The lowest BCUT2D eigenvalue weighted by Crippen LogP contribution is -2.35. The highest BCUT2D eigenvalue weighted by atomic mass is 15.2. The van der Waals surface area contributed by atoms with Crippen LogP contribution in [0.3, 0.4) is 0 Å². The molecule has 2 aliphatic carbocycles. The third-order valence-electron chi connectivity index (χ3n) is 7.13. The molecule has 1 heterocycles. The van der Waals surface area contributed by atoms with Crippen LogP contribution in [-0.2, 0) is 5.41 Å². The fourth-order valence-electron chi connectivity index (χ4n) is 6.08. The lowest BCUT2D eigenvalue weighted by Gasteiger charge is -2.37. The van der Waals surface area contributed by atoms with Crippen LogP contribution in [0.4, 0.5) is 0 Å². The van der Waals surface area contributed by atoms with Crippen molar-refractivity contribution in [2.24, 2.45) is 0 Å². The van der Waals surface area contributed by atoms with Gasteiger partial charge in [-0.2, -0.15) is 0 Å². The molecule has 3 aliphatic rings. The van der Waals surface area contributed by atoms with Crippen molar-refractivity contribution in [2.45, 2.75) is 56.3 Å². The Morgan fingerprint density at radius 2 is 1.68 bits per heavy atom. The Morgan fingerprint density at radius 1 is 0.920 bits per heavy atom. The molecule has 3 atom stereocenters. The van der Waals surface area contributed by atoms with Crippen molar-refractivity contribution in [2.75, 3.05) is 19.6 Å². The summed E-state index contributed by atoms with van der Waals surface area (Å²) in [6.07, 6.45) is 6.80. The Labute approximate surface area is 152 Å². The van der Waals surface area contributed by atoms with E-state index in [-0.39, 0.29) is 0 Å². The molecule has 2 aromatic carbocycles. The minimum absolute atomic E-state index is 0.375. The second-order valence-electron chi connectivity index (χ2n) is 8.48. The molecule has 2 aromatic rings. The van der Waals surface area contributed by atoms with Crippen LogP contribution in [0.25, 0.3) is 0 Å². The molecule has 1 spiro atoms. The number of unbranched alkanes of at least 4 members (excludes halogenated alkanes) is 3. The normalized spacial score (nSPS) is 29.3. The van der Waals surface area contributed by atoms with Crippen LogP contribution < -0.4 is 0 Å². The van der Waals surface area contributed by atoms with Crippen LogP contribution >= 0.6 is 0 Å². The van der Waals surface area contributed by atoms with E-state index in [1.807, 2.05) is 0 Å². The van der Waals surface area contributed by atoms with Crippen molar-refractivity contribution in [1.82, 2.24) is 4.90 Å². The molecule has 130 valence electrons. The van der Waals surface area contributed by atoms with Crippen molar-refractivity contribution < 1.29 is 0 Å². The molecule has 0 aromatic heterocycles. The molecule has 0 N–H and O–H groups in total. The van der Waals surface area contributed by atoms with Crippen LogP contribution in [-0.4, -0.2) is 24.5 Å². The molecule has 0 amide bonds. The fraction of sp³-hybridized carbons (Fsp3) is 0.500. The minimum atomic E-state index is 0.375. The summed E-state index contributed by atoms with van der Waals surface area (Å²) in [6.45, 7) is 6.11. The third kappa shape index (κ3) is 2.25. The molecule has 5 rings (SSSR count). The standard InChI is InChI=1S/C24H29N/c1-2-3-4-9-14-25-16-23-19-11-6-5-10-18(19)21-15-24(23,17-25)22-13-8-7-12-20(21)22/h5-8,10-13,21,23H,2-4,9,14-17H2,1H3. The molecular formula is C24H29N. The minimum Gasteiger partial charge on any atom is -0.302 e. The summed E-state index contributed by atoms with van der Waals surface area (Å²) >= 11 is 0. The van der Waals surface area contributed by atoms with Crippen LogP contribution in [0.15, 0.2) is 48.5 Å². The zero-order valence-electron chi connectivity index (χ0n) is 15.4. The number of rotatable bonds is 5. The van der Waals surface area contributed by atoms with E-state index in [2.05, 4.69) is 60.4 Å². The topological polar surface area (TPSA) is 3.24 Å². The van der Waals surface area contributed by atoms with E-state index in [0.29, 0.717) is 17.3 Å². The highest BCUT2D eigenvalue weighted by Gasteiger charge is 2.57. The summed E-state index contributed by atoms with van der Waals surface area (Å²) in [5, 5.41) is 0. The van der Waals surface area contributed by atoms with Gasteiger partial charge in [0.2, 0.25) is 0 Å². The zero-order chi connectivity index (χ0) is 16.9. The van der Waals surface area contributed by atoms with Gasteiger partial charge < -0.3 is 4.90 Å². The van der Waals surface area contributed by atoms with Crippen molar-refractivity contribution in [3.63, 3.8) is 0 Å². The van der Waals surface area contributed by atoms with Crippen LogP contribution in [0.2, 0.25) is 0 Å². The molecule has 1 saturated heterocycles. The van der Waals surface area contributed by atoms with E-state index in [1.54, 1.807) is 22.3 Å². The molecular weight excluding hydrogens is 302 g/mol. The van der Waals surface area contributed by atoms with Gasteiger partial charge in [-0.1, -0.05) is 74.7 Å². The highest BCUT2D eigenvalue weighted by Crippen LogP contribution is 2.62. The Hall–Kier alpha value is -1.60. The molecule has 2 bridgehead atoms. The van der Waals surface area contributed by atoms with Gasteiger partial charge in [0.1, 0.15) is 0 Å². The zero-order valence-corrected chi connectivity index (χ0v) is 15.4. The quantitative estimate of drug-likeness (QED) is 0.658. The predicted molar refractivity (Wildman–Crippen MR) is 104 cm³/mol. The summed E-state index contributed by atoms with van der Waals surface area (Å²) in [6, 6.07) is 18.7. The van der Waals surface area contributed by atoms with Crippen molar-refractivity contribution in [3.8, 4) is 0 Å². The molecule has 0 radical (unpaired) electrons. The number of nitrogens with zero attached hydrogens (tertiary/aromatic N) is 1. The van der Waals surface area contributed by atoms with Gasteiger partial charge in [-0.05, 0) is 41.6 Å². The molecule has 1 aliphatic heterocycles. The average Bonchev–Trinajstić information content (AvgIpc) is 3.17. The van der Waals surface area contributed by atoms with Gasteiger partial charge in [0.05, 0.1) is 0 Å². The van der Waals surface area contributed by atoms with Crippen LogP contribution in [0.5, 0.6) is 0 Å². The lowest BCUT2D eigenvalue weighted by molar-refractivity contribution is 0.298. The molecule has 0 saturated carbocycles. The second kappa shape index (κ2) is 5.99. The smallest absolute Gasteiger partial charge is 0.0173 e. The van der Waals surface area contributed by atoms with Crippen molar-refractivity contribution >= 4 is 0 Å². The molecule has 25 heavy (non-hydrogen) atoms. The maximum absolute atomic E-state index is 2.78. The third-order valence-corrected chi connectivity index (χ3v) is 7.13. The molecule has 1 nitrogen and oxygen atoms in total. The SMILES string of the molecule is CCCCCCN1CC2c3ccccc3C3CC2(C1)c1ccccc13. The molecule has 1 heteroatoms. The summed E-state index contributed by atoms with van der Waals surface area (Å²) in [7, 11) is 0. The van der Waals surface area contributed by atoms with Crippen molar-refractivity contribution in [3.05, 3.63) is 70.8 Å². The predicted octanol–water partition coefficient (Wildman–Crippen LogP) is 5.45. The number of hydrogen-bond acceptors (Lipinski definition) is 1. The molecule has 3 unspecified atom stereocenters. The van der Waals surface area contributed by atoms with Gasteiger partial charge in [0.15, 0.2) is 0 Å². The van der Waals surface area contributed by atoms with Crippen molar-refractivity contribution in [1.29, 1.82) is 0 Å². The fourth-order valence-corrected chi connectivity index (χ4v) is 6.08. The summed E-state index contributed by atoms with van der Waals surface area (Å²) in [4.78, 5) is 2.78. The van der Waals surface area contributed by atoms with Gasteiger partial charge in [-0.15, -0.1) is 0 Å². The monoisotopic (exact) mass is 331 g/mol. The Balaban J connectivity index is 1.52. The summed E-state index contributed by atoms with van der Waals surface area (Å²) < 4.78 is 0. The molecule has 1 fully saturated rings. The van der Waals surface area contributed by atoms with E-state index in [1.165, 1.54) is 51.7 Å². The highest BCUT2D eigenvalue weighted by molar-refractivity contribution is 5.58. The largest absolute Gasteiger partial charge is 0.302 e. The van der Waals surface area contributed by atoms with E-state index in [4.69, 9.17) is 0 Å². The van der Waals surface area contributed by atoms with Gasteiger partial charge in [-0.25, -0.2) is 0 Å². The average molecular weight is 332 g/mol. The van der Waals surface area contributed by atoms with E-state index >= 15 is 0 Å². The van der Waals surface area contributed by atoms with Crippen LogP contribution in [0.1, 0.15) is 73.1 Å². The van der Waals surface area contributed by atoms with Gasteiger partial charge in [-0.3, -0.25) is 0 Å². The Bertz CT molecular complexity index is 768. The van der Waals surface area contributed by atoms with E-state index in [9.17, 15) is 0 Å². The van der Waals surface area contributed by atoms with Crippen LogP contribution in [0, 0.1) is 0 Å². The Morgan fingerprint density at radius 3 is 2.52 bits per heavy atom. The maximum atomic E-state index is 2.78. The maximum Gasteiger partial charge on any atom is 0.0173 e. The van der Waals surface area contributed by atoms with Gasteiger partial charge >= 0.3 is 0 Å². The first-order valence-electron chi connectivity index (χ1n) is 10.2. The van der Waals surface area contributed by atoms with Gasteiger partial charge in [0, 0.05) is 30.3 Å². The number of fused-ring (bicyclic) bond motifs is 3. The second-order valence-corrected chi connectivity index (χ2v) is 8.48. The van der Waals surface area contributed by atoms with E-state index in [0.717, 1.165) is 0 Å². The number of likely N-dealkylation sites (tertiary alicyclic amines) is 1. The summed E-state index contributed by atoms with van der Waals surface area (Å²) in [5.41, 5.74) is 6.91. The first-order valence-corrected chi connectivity index (χ1v) is 10.2. The number of benzene rings is 2. The lowest BCUT2D eigenvalue weighted by atomic mass is 9.65. The first kappa shape index (κ1) is 15.6. The number of hydrogen-bond donors (Lipinski definition) is 0. The first-order chi connectivity index (χ1) is 12.3. The Kier molecular flexibility index (Phi) is 3.74. The van der Waals surface area contributed by atoms with Gasteiger partial charge in [0.25, 0.3) is 0 Å². The van der Waals surface area contributed by atoms with E-state index < -0.39 is 0 Å². The summed E-state index contributed by atoms with van der Waals surface area (Å²) in [5.74, 6) is 1.32.